The summed E-state index contributed by atoms with van der Waals surface area (Å²) in [7, 11) is 1.57. The van der Waals surface area contributed by atoms with Gasteiger partial charge in [-0.3, -0.25) is 9.59 Å². The van der Waals surface area contributed by atoms with E-state index in [1.165, 1.54) is 17.2 Å². The van der Waals surface area contributed by atoms with E-state index in [0.29, 0.717) is 28.1 Å². The quantitative estimate of drug-likeness (QED) is 0.466. The predicted molar refractivity (Wildman–Crippen MR) is 118 cm³/mol. The van der Waals surface area contributed by atoms with E-state index in [0.717, 1.165) is 4.80 Å². The van der Waals surface area contributed by atoms with Gasteiger partial charge in [-0.1, -0.05) is 12.1 Å². The highest BCUT2D eigenvalue weighted by Gasteiger charge is 2.20. The Bertz CT molecular complexity index is 1290. The van der Waals surface area contributed by atoms with Crippen molar-refractivity contribution in [2.45, 2.75) is 20.0 Å². The molecule has 0 unspecified atom stereocenters. The average Bonchev–Trinajstić information content (AvgIpc) is 3.51. The van der Waals surface area contributed by atoms with E-state index in [1.807, 2.05) is 0 Å². The molecule has 33 heavy (non-hydrogen) atoms. The fourth-order valence-corrected chi connectivity index (χ4v) is 3.20. The van der Waals surface area contributed by atoms with Gasteiger partial charge in [0.25, 0.3) is 5.91 Å². The standard InChI is InChI=1S/C23H21FN6O3/c1-15-12-16(9-10-19(15)24)22-26-28-30(27-22)14-21(31)29(2)20-8-4-3-7-18(20)23(32)25-13-17-6-5-11-33-17/h3-12H,13-14H2,1-2H3,(H,25,32). The lowest BCUT2D eigenvalue weighted by atomic mass is 10.1. The Balaban J connectivity index is 1.46. The molecule has 168 valence electrons. The molecule has 0 fully saturated rings. The second-order valence-electron chi connectivity index (χ2n) is 7.34. The van der Waals surface area contributed by atoms with Gasteiger partial charge in [-0.2, -0.15) is 4.80 Å². The van der Waals surface area contributed by atoms with E-state index in [-0.39, 0.29) is 36.5 Å². The largest absolute Gasteiger partial charge is 0.467 e. The number of aryl methyl sites for hydroxylation is 1. The number of aromatic nitrogens is 4. The maximum Gasteiger partial charge on any atom is 0.253 e. The number of nitrogens with zero attached hydrogens (tertiary/aromatic N) is 5. The number of rotatable bonds is 7. The summed E-state index contributed by atoms with van der Waals surface area (Å²) in [4.78, 5) is 28.1. The molecule has 0 saturated heterocycles. The van der Waals surface area contributed by atoms with Crippen LogP contribution in [0.4, 0.5) is 10.1 Å². The maximum absolute atomic E-state index is 13.5. The van der Waals surface area contributed by atoms with Crippen molar-refractivity contribution < 1.29 is 18.4 Å². The molecule has 9 nitrogen and oxygen atoms in total. The Morgan fingerprint density at radius 3 is 2.73 bits per heavy atom. The second-order valence-corrected chi connectivity index (χ2v) is 7.34. The summed E-state index contributed by atoms with van der Waals surface area (Å²) in [5.74, 6) is -0.106. The van der Waals surface area contributed by atoms with Crippen LogP contribution in [0, 0.1) is 12.7 Å². The lowest BCUT2D eigenvalue weighted by Gasteiger charge is -2.20. The number of amides is 2. The van der Waals surface area contributed by atoms with Crippen LogP contribution in [-0.2, 0) is 17.9 Å². The predicted octanol–water partition coefficient (Wildman–Crippen LogP) is 2.97. The van der Waals surface area contributed by atoms with Crippen molar-refractivity contribution in [2.75, 3.05) is 11.9 Å². The highest BCUT2D eigenvalue weighted by atomic mass is 19.1. The molecular formula is C23H21FN6O3. The highest BCUT2D eigenvalue weighted by molar-refractivity contribution is 6.04. The van der Waals surface area contributed by atoms with Crippen LogP contribution in [0.5, 0.6) is 0 Å². The molecule has 0 radical (unpaired) electrons. The lowest BCUT2D eigenvalue weighted by molar-refractivity contribution is -0.119. The molecule has 2 heterocycles. The van der Waals surface area contributed by atoms with Crippen molar-refractivity contribution in [1.29, 1.82) is 0 Å². The minimum absolute atomic E-state index is 0.188. The molecule has 4 rings (SSSR count). The van der Waals surface area contributed by atoms with Gasteiger partial charge >= 0.3 is 0 Å². The van der Waals surface area contributed by atoms with E-state index < -0.39 is 0 Å². The first kappa shape index (κ1) is 21.9. The molecule has 0 saturated carbocycles. The maximum atomic E-state index is 13.5. The van der Waals surface area contributed by atoms with Crippen molar-refractivity contribution in [1.82, 2.24) is 25.5 Å². The molecule has 0 spiro atoms. The van der Waals surface area contributed by atoms with Crippen LogP contribution >= 0.6 is 0 Å². The Kier molecular flexibility index (Phi) is 6.25. The summed E-state index contributed by atoms with van der Waals surface area (Å²) < 4.78 is 18.7. The van der Waals surface area contributed by atoms with Gasteiger partial charge in [0.05, 0.1) is 24.1 Å². The second kappa shape index (κ2) is 9.43. The first-order valence-electron chi connectivity index (χ1n) is 10.1. The van der Waals surface area contributed by atoms with Crippen molar-refractivity contribution in [2.24, 2.45) is 0 Å². The van der Waals surface area contributed by atoms with Crippen LogP contribution in [0.1, 0.15) is 21.7 Å². The number of carbonyl (C=O) groups is 2. The molecule has 0 atom stereocenters. The highest BCUT2D eigenvalue weighted by Crippen LogP contribution is 2.20. The Hall–Kier alpha value is -4.34. The number of carbonyl (C=O) groups excluding carboxylic acids is 2. The molecule has 0 aliphatic carbocycles. The minimum Gasteiger partial charge on any atom is -0.467 e. The van der Waals surface area contributed by atoms with Gasteiger partial charge in [-0.25, -0.2) is 4.39 Å². The topological polar surface area (TPSA) is 106 Å². The zero-order valence-electron chi connectivity index (χ0n) is 18.0. The Morgan fingerprint density at radius 2 is 1.97 bits per heavy atom. The number of likely N-dealkylation sites (N-methyl/N-ethyl adjacent to an activating group) is 1. The molecule has 2 amide bonds. The summed E-state index contributed by atoms with van der Waals surface area (Å²) in [6.45, 7) is 1.68. The molecule has 10 heteroatoms. The fraction of sp³-hybridized carbons (Fsp3) is 0.174. The molecule has 1 N–H and O–H groups in total. The minimum atomic E-state index is -0.347. The number of tetrazole rings is 1. The van der Waals surface area contributed by atoms with Gasteiger partial charge in [0.1, 0.15) is 18.1 Å². The number of para-hydroxylation sites is 1. The fourth-order valence-electron chi connectivity index (χ4n) is 3.20. The van der Waals surface area contributed by atoms with Crippen molar-refractivity contribution in [3.8, 4) is 11.4 Å². The Morgan fingerprint density at radius 1 is 1.15 bits per heavy atom. The third-order valence-electron chi connectivity index (χ3n) is 5.03. The monoisotopic (exact) mass is 448 g/mol. The van der Waals surface area contributed by atoms with Gasteiger partial charge in [-0.05, 0) is 60.2 Å². The van der Waals surface area contributed by atoms with E-state index >= 15 is 0 Å². The number of hydrogen-bond acceptors (Lipinski definition) is 6. The van der Waals surface area contributed by atoms with Gasteiger partial charge < -0.3 is 14.6 Å². The van der Waals surface area contributed by atoms with Crippen molar-refractivity contribution in [3.63, 3.8) is 0 Å². The number of anilines is 1. The summed E-state index contributed by atoms with van der Waals surface area (Å²) in [6, 6.07) is 14.8. The van der Waals surface area contributed by atoms with Crippen LogP contribution in [0.25, 0.3) is 11.4 Å². The molecule has 0 aliphatic rings. The van der Waals surface area contributed by atoms with Gasteiger partial charge in [0.15, 0.2) is 0 Å². The zero-order chi connectivity index (χ0) is 23.4. The normalized spacial score (nSPS) is 10.8. The number of nitrogens with one attached hydrogen (secondary N) is 1. The smallest absolute Gasteiger partial charge is 0.253 e. The number of hydrogen-bond donors (Lipinski definition) is 1. The average molecular weight is 448 g/mol. The summed E-state index contributed by atoms with van der Waals surface area (Å²) in [5, 5.41) is 14.9. The molecule has 4 aromatic rings. The molecule has 2 aromatic carbocycles. The summed E-state index contributed by atoms with van der Waals surface area (Å²) in [5.41, 5.74) is 1.84. The molecule has 0 bridgehead atoms. The number of furan rings is 1. The molecule has 2 aromatic heterocycles. The first-order chi connectivity index (χ1) is 15.9. The summed E-state index contributed by atoms with van der Waals surface area (Å²) >= 11 is 0. The van der Waals surface area contributed by atoms with E-state index in [9.17, 15) is 14.0 Å². The van der Waals surface area contributed by atoms with Crippen LogP contribution in [0.3, 0.4) is 0 Å². The Labute approximate surface area is 188 Å². The van der Waals surface area contributed by atoms with Gasteiger partial charge in [-0.15, -0.1) is 10.2 Å². The van der Waals surface area contributed by atoms with Crippen molar-refractivity contribution in [3.05, 3.63) is 83.6 Å². The lowest BCUT2D eigenvalue weighted by Crippen LogP contribution is -2.33. The number of halogens is 1. The van der Waals surface area contributed by atoms with E-state index in [1.54, 1.807) is 62.5 Å². The third-order valence-corrected chi connectivity index (χ3v) is 5.03. The molecule has 0 aliphatic heterocycles. The third kappa shape index (κ3) is 4.95. The van der Waals surface area contributed by atoms with Crippen LogP contribution in [0.15, 0.2) is 65.3 Å². The number of benzene rings is 2. The zero-order valence-corrected chi connectivity index (χ0v) is 18.0. The van der Waals surface area contributed by atoms with E-state index in [4.69, 9.17) is 4.42 Å². The van der Waals surface area contributed by atoms with Gasteiger partial charge in [0, 0.05) is 12.6 Å². The van der Waals surface area contributed by atoms with Crippen LogP contribution < -0.4 is 10.2 Å². The van der Waals surface area contributed by atoms with Crippen LogP contribution in [0.2, 0.25) is 0 Å². The van der Waals surface area contributed by atoms with Crippen molar-refractivity contribution >= 4 is 17.5 Å². The van der Waals surface area contributed by atoms with Gasteiger partial charge in [0.2, 0.25) is 11.7 Å². The van der Waals surface area contributed by atoms with E-state index in [2.05, 4.69) is 20.7 Å². The summed E-state index contributed by atoms with van der Waals surface area (Å²) in [6.07, 6.45) is 1.53. The first-order valence-corrected chi connectivity index (χ1v) is 10.1. The van der Waals surface area contributed by atoms with Crippen LogP contribution in [-0.4, -0.2) is 39.1 Å². The SMILES string of the molecule is Cc1cc(-c2nnn(CC(=O)N(C)c3ccccc3C(=O)NCc3ccco3)n2)ccc1F. The molecular weight excluding hydrogens is 427 g/mol.